The van der Waals surface area contributed by atoms with Gasteiger partial charge in [-0.25, -0.2) is 0 Å². The molecule has 3 nitrogen and oxygen atoms in total. The van der Waals surface area contributed by atoms with E-state index in [-0.39, 0.29) is 17.9 Å². The molecule has 1 aliphatic rings. The molecule has 0 unspecified atom stereocenters. The van der Waals surface area contributed by atoms with Crippen molar-refractivity contribution in [3.05, 3.63) is 35.4 Å². The summed E-state index contributed by atoms with van der Waals surface area (Å²) in [6.07, 6.45) is -3.92. The Bertz CT molecular complexity index is 540. The third kappa shape index (κ3) is 3.05. The number of alkyl halides is 3. The maximum Gasteiger partial charge on any atom is 0.409 e. The molecular formula is C15H19F3N2O. The fraction of sp³-hybridized carbons (Fsp3) is 0.533. The second-order valence-electron chi connectivity index (χ2n) is 5.89. The van der Waals surface area contributed by atoms with Crippen molar-refractivity contribution in [2.45, 2.75) is 51.4 Å². The molecule has 6 heteroatoms. The highest BCUT2D eigenvalue weighted by Crippen LogP contribution is 2.43. The van der Waals surface area contributed by atoms with Crippen molar-refractivity contribution in [2.75, 3.05) is 0 Å². The van der Waals surface area contributed by atoms with E-state index in [9.17, 15) is 18.0 Å². The first-order valence-corrected chi connectivity index (χ1v) is 6.90. The van der Waals surface area contributed by atoms with Crippen LogP contribution in [0, 0.1) is 0 Å². The Morgan fingerprint density at radius 3 is 2.43 bits per heavy atom. The first-order valence-electron chi connectivity index (χ1n) is 6.90. The predicted octanol–water partition coefficient (Wildman–Crippen LogP) is 3.37. The van der Waals surface area contributed by atoms with Gasteiger partial charge in [0.2, 0.25) is 5.91 Å². The molecule has 1 amide bonds. The average Bonchev–Trinajstić information content (AvgIpc) is 2.62. The van der Waals surface area contributed by atoms with E-state index in [1.54, 1.807) is 32.0 Å². The van der Waals surface area contributed by atoms with E-state index in [0.29, 0.717) is 12.0 Å². The number of hydrogen-bond acceptors (Lipinski definition) is 2. The summed E-state index contributed by atoms with van der Waals surface area (Å²) >= 11 is 0. The maximum absolute atomic E-state index is 13.7. The Balaban J connectivity index is 2.53. The number of carbonyl (C=O) groups is 1. The Labute approximate surface area is 122 Å². The van der Waals surface area contributed by atoms with Crippen LogP contribution in [0.1, 0.15) is 44.4 Å². The van der Waals surface area contributed by atoms with Crippen LogP contribution in [-0.4, -0.2) is 22.6 Å². The summed E-state index contributed by atoms with van der Waals surface area (Å²) in [4.78, 5) is 11.6. The molecule has 0 radical (unpaired) electrons. The van der Waals surface area contributed by atoms with Gasteiger partial charge < -0.3 is 0 Å². The molecule has 1 N–H and O–H groups in total. The normalized spacial score (nSPS) is 20.4. The van der Waals surface area contributed by atoms with E-state index in [1.165, 1.54) is 6.07 Å². The largest absolute Gasteiger partial charge is 0.409 e. The molecule has 1 aliphatic heterocycles. The molecule has 1 atom stereocenters. The molecular weight excluding hydrogens is 281 g/mol. The van der Waals surface area contributed by atoms with E-state index in [2.05, 4.69) is 5.43 Å². The molecule has 1 fully saturated rings. The van der Waals surface area contributed by atoms with Gasteiger partial charge in [0.25, 0.3) is 0 Å². The van der Waals surface area contributed by atoms with Crippen LogP contribution < -0.4 is 5.43 Å². The minimum absolute atomic E-state index is 0.0495. The van der Waals surface area contributed by atoms with Crippen LogP contribution in [0.25, 0.3) is 0 Å². The predicted molar refractivity (Wildman–Crippen MR) is 73.3 cm³/mol. The summed E-state index contributed by atoms with van der Waals surface area (Å²) < 4.78 is 41.0. The number of rotatable bonds is 3. The molecule has 1 heterocycles. The van der Waals surface area contributed by atoms with Gasteiger partial charge in [0.15, 0.2) is 6.04 Å². The summed E-state index contributed by atoms with van der Waals surface area (Å²) in [5, 5.41) is 1.05. The minimum atomic E-state index is -4.47. The molecule has 1 saturated heterocycles. The number of benzene rings is 1. The topological polar surface area (TPSA) is 32.3 Å². The minimum Gasteiger partial charge on any atom is -0.287 e. The number of aryl methyl sites for hydroxylation is 1. The Kier molecular flexibility index (Phi) is 4.02. The summed E-state index contributed by atoms with van der Waals surface area (Å²) in [6, 6.07) is 4.66. The van der Waals surface area contributed by atoms with Crippen LogP contribution in [0.15, 0.2) is 24.3 Å². The molecule has 116 valence electrons. The first-order chi connectivity index (χ1) is 9.66. The maximum atomic E-state index is 13.7. The van der Waals surface area contributed by atoms with Gasteiger partial charge in [-0.1, -0.05) is 31.2 Å². The van der Waals surface area contributed by atoms with E-state index >= 15 is 0 Å². The summed E-state index contributed by atoms with van der Waals surface area (Å²) in [6.45, 7) is 5.09. The molecule has 1 aromatic rings. The average molecular weight is 300 g/mol. The first kappa shape index (κ1) is 15.8. The molecule has 2 rings (SSSR count). The number of hydrogen-bond donors (Lipinski definition) is 1. The number of carbonyl (C=O) groups excluding carboxylic acids is 1. The van der Waals surface area contributed by atoms with Gasteiger partial charge in [0, 0.05) is 12.0 Å². The van der Waals surface area contributed by atoms with Gasteiger partial charge in [0.1, 0.15) is 0 Å². The monoisotopic (exact) mass is 300 g/mol. The molecule has 0 spiro atoms. The van der Waals surface area contributed by atoms with Gasteiger partial charge >= 0.3 is 6.18 Å². The number of nitrogens with one attached hydrogen (secondary N) is 1. The number of amides is 1. The van der Waals surface area contributed by atoms with Crippen LogP contribution in [0.4, 0.5) is 13.2 Å². The van der Waals surface area contributed by atoms with Gasteiger partial charge in [-0.3, -0.25) is 10.2 Å². The van der Waals surface area contributed by atoms with Crippen LogP contribution in [-0.2, 0) is 11.2 Å². The van der Waals surface area contributed by atoms with Gasteiger partial charge in [0.05, 0.1) is 0 Å². The molecule has 0 aliphatic carbocycles. The van der Waals surface area contributed by atoms with Crippen LogP contribution >= 0.6 is 0 Å². The van der Waals surface area contributed by atoms with Crippen LogP contribution in [0.5, 0.6) is 0 Å². The number of halogens is 3. The van der Waals surface area contributed by atoms with Crippen molar-refractivity contribution in [1.29, 1.82) is 0 Å². The number of hydrazine groups is 1. The molecule has 0 aromatic heterocycles. The fourth-order valence-electron chi connectivity index (χ4n) is 2.80. The van der Waals surface area contributed by atoms with Crippen molar-refractivity contribution in [1.82, 2.24) is 10.4 Å². The van der Waals surface area contributed by atoms with Crippen molar-refractivity contribution in [2.24, 2.45) is 0 Å². The lowest BCUT2D eigenvalue weighted by Crippen LogP contribution is -2.51. The quantitative estimate of drug-likeness (QED) is 0.928. The second kappa shape index (κ2) is 5.33. The Morgan fingerprint density at radius 2 is 1.95 bits per heavy atom. The summed E-state index contributed by atoms with van der Waals surface area (Å²) in [5.74, 6) is -0.386. The smallest absolute Gasteiger partial charge is 0.287 e. The van der Waals surface area contributed by atoms with E-state index in [1.807, 2.05) is 6.92 Å². The van der Waals surface area contributed by atoms with Crippen LogP contribution in [0.2, 0.25) is 0 Å². The van der Waals surface area contributed by atoms with E-state index < -0.39 is 17.8 Å². The number of nitrogens with zero attached hydrogens (tertiary/aromatic N) is 1. The highest BCUT2D eigenvalue weighted by molar-refractivity contribution is 5.79. The molecule has 0 saturated carbocycles. The van der Waals surface area contributed by atoms with Crippen molar-refractivity contribution in [3.8, 4) is 0 Å². The fourth-order valence-corrected chi connectivity index (χ4v) is 2.80. The van der Waals surface area contributed by atoms with Crippen LogP contribution in [0.3, 0.4) is 0 Å². The van der Waals surface area contributed by atoms with Gasteiger partial charge in [-0.05, 0) is 31.4 Å². The summed E-state index contributed by atoms with van der Waals surface area (Å²) in [5.41, 5.74) is 2.32. The van der Waals surface area contributed by atoms with E-state index in [4.69, 9.17) is 0 Å². The van der Waals surface area contributed by atoms with E-state index in [0.717, 1.165) is 5.01 Å². The zero-order valence-corrected chi connectivity index (χ0v) is 12.3. The zero-order chi connectivity index (χ0) is 15.8. The lowest BCUT2D eigenvalue weighted by Gasteiger charge is -2.38. The summed E-state index contributed by atoms with van der Waals surface area (Å²) in [7, 11) is 0. The molecule has 1 aromatic carbocycles. The SMILES string of the molecule is CCc1ccccc1[C@H](N1NC(=O)CC1(C)C)C(F)(F)F. The Hall–Kier alpha value is -1.56. The van der Waals surface area contributed by atoms with Crippen molar-refractivity contribution >= 4 is 5.91 Å². The highest BCUT2D eigenvalue weighted by atomic mass is 19.4. The molecule has 0 bridgehead atoms. The lowest BCUT2D eigenvalue weighted by molar-refractivity contribution is -0.204. The zero-order valence-electron chi connectivity index (χ0n) is 12.3. The second-order valence-corrected chi connectivity index (χ2v) is 5.89. The van der Waals surface area contributed by atoms with Crippen molar-refractivity contribution in [3.63, 3.8) is 0 Å². The standard InChI is InChI=1S/C15H19F3N2O/c1-4-10-7-5-6-8-11(10)13(15(16,17)18)20-14(2,3)9-12(21)19-20/h5-8,13H,4,9H2,1-3H3,(H,19,21)/t13-/m0/s1. The lowest BCUT2D eigenvalue weighted by atomic mass is 9.93. The third-order valence-corrected chi connectivity index (χ3v) is 3.79. The van der Waals surface area contributed by atoms with Gasteiger partial charge in [-0.15, -0.1) is 0 Å². The van der Waals surface area contributed by atoms with Gasteiger partial charge in [-0.2, -0.15) is 18.2 Å². The molecule has 21 heavy (non-hydrogen) atoms. The Morgan fingerprint density at radius 1 is 1.33 bits per heavy atom. The van der Waals surface area contributed by atoms with Crippen molar-refractivity contribution < 1.29 is 18.0 Å². The highest BCUT2D eigenvalue weighted by Gasteiger charge is 2.53. The third-order valence-electron chi connectivity index (χ3n) is 3.79.